The first-order chi connectivity index (χ1) is 8.32. The van der Waals surface area contributed by atoms with Gasteiger partial charge in [0.15, 0.2) is 0 Å². The van der Waals surface area contributed by atoms with Gasteiger partial charge in [0.2, 0.25) is 0 Å². The third-order valence-electron chi connectivity index (χ3n) is 2.44. The fourth-order valence-corrected chi connectivity index (χ4v) is 3.71. The molecule has 0 aliphatic rings. The molecule has 6 heteroatoms. The van der Waals surface area contributed by atoms with E-state index < -0.39 is 22.0 Å². The topological polar surface area (TPSA) is 54.4 Å². The van der Waals surface area contributed by atoms with E-state index in [1.807, 2.05) is 0 Å². The summed E-state index contributed by atoms with van der Waals surface area (Å²) in [5.74, 6) is -1.13. The minimum atomic E-state index is -1.51. The van der Waals surface area contributed by atoms with Gasteiger partial charge in [0.25, 0.3) is 0 Å². The van der Waals surface area contributed by atoms with Crippen molar-refractivity contribution in [2.45, 2.75) is 24.9 Å². The summed E-state index contributed by atoms with van der Waals surface area (Å²) in [6.07, 6.45) is 0. The molecule has 2 unspecified atom stereocenters. The van der Waals surface area contributed by atoms with Crippen molar-refractivity contribution < 1.29 is 14.1 Å². The minimum absolute atomic E-state index is 0.116. The van der Waals surface area contributed by atoms with Crippen molar-refractivity contribution in [3.05, 3.63) is 33.8 Å². The van der Waals surface area contributed by atoms with Gasteiger partial charge in [-0.1, -0.05) is 43.1 Å². The van der Waals surface area contributed by atoms with E-state index in [4.69, 9.17) is 28.3 Å². The van der Waals surface area contributed by atoms with Crippen LogP contribution in [0.1, 0.15) is 19.4 Å². The van der Waals surface area contributed by atoms with Gasteiger partial charge in [0.05, 0.1) is 5.75 Å². The molecule has 0 saturated carbocycles. The van der Waals surface area contributed by atoms with Crippen LogP contribution in [0.15, 0.2) is 18.2 Å². The highest BCUT2D eigenvalue weighted by Gasteiger charge is 2.28. The first kappa shape index (κ1) is 15.5. The Morgan fingerprint density at radius 3 is 2.44 bits per heavy atom. The van der Waals surface area contributed by atoms with Gasteiger partial charge in [-0.2, -0.15) is 0 Å². The maximum absolute atomic E-state index is 12.1. The van der Waals surface area contributed by atoms with Crippen LogP contribution in [0, 0.1) is 5.92 Å². The van der Waals surface area contributed by atoms with E-state index in [0.717, 1.165) is 0 Å². The first-order valence-corrected chi connectivity index (χ1v) is 7.50. The highest BCUT2D eigenvalue weighted by molar-refractivity contribution is 7.85. The zero-order valence-corrected chi connectivity index (χ0v) is 12.4. The Morgan fingerprint density at radius 2 is 2.00 bits per heavy atom. The van der Waals surface area contributed by atoms with Crippen LogP contribution in [-0.2, 0) is 21.3 Å². The van der Waals surface area contributed by atoms with Crippen molar-refractivity contribution in [1.29, 1.82) is 0 Å². The van der Waals surface area contributed by atoms with Crippen LogP contribution >= 0.6 is 23.2 Å². The van der Waals surface area contributed by atoms with Crippen molar-refractivity contribution in [2.24, 2.45) is 5.92 Å². The number of hydrogen-bond acceptors (Lipinski definition) is 2. The Kier molecular flexibility index (Phi) is 5.63. The zero-order valence-electron chi connectivity index (χ0n) is 10.0. The standard InChI is InChI=1S/C12H14Cl2O3S/c1-7(2)11(12(15)16)18(17)6-8-3-4-9(13)5-10(8)14/h3-5,7,11H,6H2,1-2H3,(H,15,16). The lowest BCUT2D eigenvalue weighted by Gasteiger charge is -2.16. The molecular weight excluding hydrogens is 295 g/mol. The van der Waals surface area contributed by atoms with Gasteiger partial charge in [0, 0.05) is 20.8 Å². The van der Waals surface area contributed by atoms with Crippen LogP contribution in [0.5, 0.6) is 0 Å². The molecule has 0 aliphatic heterocycles. The number of hydrogen-bond donors (Lipinski definition) is 1. The van der Waals surface area contributed by atoms with Gasteiger partial charge < -0.3 is 5.11 Å². The fourth-order valence-electron chi connectivity index (χ4n) is 1.58. The summed E-state index contributed by atoms with van der Waals surface area (Å²) >= 11 is 11.7. The molecule has 0 bridgehead atoms. The lowest BCUT2D eigenvalue weighted by Crippen LogP contribution is -2.31. The van der Waals surface area contributed by atoms with Crippen LogP contribution in [0.25, 0.3) is 0 Å². The molecule has 1 aromatic carbocycles. The Hall–Kier alpha value is -0.580. The first-order valence-electron chi connectivity index (χ1n) is 5.37. The van der Waals surface area contributed by atoms with Crippen molar-refractivity contribution >= 4 is 40.0 Å². The summed E-state index contributed by atoms with van der Waals surface area (Å²) in [5, 5.41) is 9.07. The van der Waals surface area contributed by atoms with Gasteiger partial charge in [-0.15, -0.1) is 0 Å². The van der Waals surface area contributed by atoms with Crippen LogP contribution in [0.2, 0.25) is 10.0 Å². The maximum atomic E-state index is 12.1. The second-order valence-electron chi connectivity index (χ2n) is 4.26. The van der Waals surface area contributed by atoms with Crippen molar-refractivity contribution in [3.8, 4) is 0 Å². The summed E-state index contributed by atoms with van der Waals surface area (Å²) in [5.41, 5.74) is 0.645. The molecule has 1 N–H and O–H groups in total. The Labute approximate surface area is 119 Å². The molecule has 18 heavy (non-hydrogen) atoms. The van der Waals surface area contributed by atoms with E-state index in [9.17, 15) is 9.00 Å². The molecule has 0 fully saturated rings. The number of rotatable bonds is 5. The molecule has 0 heterocycles. The summed E-state index contributed by atoms with van der Waals surface area (Å²) in [4.78, 5) is 11.1. The smallest absolute Gasteiger partial charge is 0.319 e. The number of halogens is 2. The number of carboxylic acids is 1. The van der Waals surface area contributed by atoms with Crippen LogP contribution in [0.4, 0.5) is 0 Å². The second kappa shape index (κ2) is 6.55. The monoisotopic (exact) mass is 308 g/mol. The Balaban J connectivity index is 2.89. The second-order valence-corrected chi connectivity index (χ2v) is 6.67. The highest BCUT2D eigenvalue weighted by atomic mass is 35.5. The summed E-state index contributed by atoms with van der Waals surface area (Å²) in [7, 11) is -1.51. The molecule has 100 valence electrons. The van der Waals surface area contributed by atoms with Gasteiger partial charge in [-0.05, 0) is 23.6 Å². The van der Waals surface area contributed by atoms with E-state index in [-0.39, 0.29) is 11.7 Å². The van der Waals surface area contributed by atoms with Crippen LogP contribution in [0.3, 0.4) is 0 Å². The molecule has 0 spiro atoms. The molecule has 0 saturated heterocycles. The molecule has 0 amide bonds. The lowest BCUT2D eigenvalue weighted by molar-refractivity contribution is -0.137. The van der Waals surface area contributed by atoms with E-state index in [1.165, 1.54) is 0 Å². The molecule has 0 aliphatic carbocycles. The van der Waals surface area contributed by atoms with Crippen molar-refractivity contribution in [2.75, 3.05) is 0 Å². The van der Waals surface area contributed by atoms with Gasteiger partial charge in [-0.3, -0.25) is 9.00 Å². The molecule has 0 radical (unpaired) electrons. The lowest BCUT2D eigenvalue weighted by atomic mass is 10.1. The number of benzene rings is 1. The summed E-state index contributed by atoms with van der Waals surface area (Å²) in [6.45, 7) is 3.47. The molecular formula is C12H14Cl2O3S. The highest BCUT2D eigenvalue weighted by Crippen LogP contribution is 2.24. The third kappa shape index (κ3) is 3.97. The maximum Gasteiger partial charge on any atom is 0.319 e. The molecule has 0 aromatic heterocycles. The van der Waals surface area contributed by atoms with E-state index in [2.05, 4.69) is 0 Å². The predicted molar refractivity (Wildman–Crippen MR) is 74.6 cm³/mol. The molecule has 1 rings (SSSR count). The van der Waals surface area contributed by atoms with Gasteiger partial charge >= 0.3 is 5.97 Å². The Morgan fingerprint density at radius 1 is 1.39 bits per heavy atom. The largest absolute Gasteiger partial charge is 0.480 e. The third-order valence-corrected chi connectivity index (χ3v) is 4.94. The van der Waals surface area contributed by atoms with E-state index >= 15 is 0 Å². The molecule has 2 atom stereocenters. The number of carboxylic acid groups (broad SMARTS) is 1. The molecule has 3 nitrogen and oxygen atoms in total. The SMILES string of the molecule is CC(C)C(C(=O)O)S(=O)Cc1ccc(Cl)cc1Cl. The number of aliphatic carboxylic acids is 1. The summed E-state index contributed by atoms with van der Waals surface area (Å²) in [6, 6.07) is 4.87. The fraction of sp³-hybridized carbons (Fsp3) is 0.417. The Bertz CT molecular complexity index is 474. The number of carbonyl (C=O) groups is 1. The predicted octanol–water partition coefficient (Wildman–Crippen LogP) is 3.35. The summed E-state index contributed by atoms with van der Waals surface area (Å²) < 4.78 is 12.1. The van der Waals surface area contributed by atoms with Gasteiger partial charge in [0.1, 0.15) is 5.25 Å². The quantitative estimate of drug-likeness (QED) is 0.907. The average Bonchev–Trinajstić information content (AvgIpc) is 2.21. The average molecular weight is 309 g/mol. The van der Waals surface area contributed by atoms with Crippen molar-refractivity contribution in [1.82, 2.24) is 0 Å². The molecule has 1 aromatic rings. The van der Waals surface area contributed by atoms with Crippen molar-refractivity contribution in [3.63, 3.8) is 0 Å². The van der Waals surface area contributed by atoms with Crippen LogP contribution < -0.4 is 0 Å². The normalized spacial score (nSPS) is 14.5. The zero-order chi connectivity index (χ0) is 13.9. The van der Waals surface area contributed by atoms with E-state index in [1.54, 1.807) is 32.0 Å². The van der Waals surface area contributed by atoms with Gasteiger partial charge in [-0.25, -0.2) is 0 Å². The van der Waals surface area contributed by atoms with Crippen LogP contribution in [-0.4, -0.2) is 20.5 Å². The minimum Gasteiger partial charge on any atom is -0.480 e. The van der Waals surface area contributed by atoms with E-state index in [0.29, 0.717) is 15.6 Å².